The third-order valence-corrected chi connectivity index (χ3v) is 4.03. The highest BCUT2D eigenvalue weighted by molar-refractivity contribution is 6.43. The summed E-state index contributed by atoms with van der Waals surface area (Å²) in [4.78, 5) is 34.4. The first-order chi connectivity index (χ1) is 12.8. The maximum absolute atomic E-state index is 12.4. The van der Waals surface area contributed by atoms with Gasteiger partial charge in [-0.2, -0.15) is 10.1 Å². The predicted octanol–water partition coefficient (Wildman–Crippen LogP) is 1.60. The molecule has 2 heterocycles. The van der Waals surface area contributed by atoms with Gasteiger partial charge in [-0.1, -0.05) is 6.92 Å². The first-order valence-corrected chi connectivity index (χ1v) is 8.53. The fourth-order valence-electron chi connectivity index (χ4n) is 2.48. The Morgan fingerprint density at radius 2 is 1.93 bits per heavy atom. The number of rotatable bonds is 6. The Balaban J connectivity index is 2.17. The van der Waals surface area contributed by atoms with Gasteiger partial charge in [0.2, 0.25) is 5.88 Å². The van der Waals surface area contributed by atoms with E-state index in [1.165, 1.54) is 13.4 Å². The Bertz CT molecular complexity index is 832. The minimum atomic E-state index is -0.873. The molecule has 2 rings (SSSR count). The molecule has 0 aromatic carbocycles. The molecule has 2 aromatic heterocycles. The normalized spacial score (nSPS) is 11.6. The van der Waals surface area contributed by atoms with Crippen LogP contribution in [-0.4, -0.2) is 52.8 Å². The van der Waals surface area contributed by atoms with Crippen molar-refractivity contribution in [1.29, 1.82) is 0 Å². The SMILES string of the molecule is CC[C@@H](C)n1nc(NC(=O)C(=O)Nc2c(OC)ncnc2N(C)C)cc1C. The maximum atomic E-state index is 12.4. The molecule has 2 aromatic rings. The molecule has 0 aliphatic heterocycles. The van der Waals surface area contributed by atoms with E-state index in [0.29, 0.717) is 11.6 Å². The van der Waals surface area contributed by atoms with Crippen LogP contribution in [0.3, 0.4) is 0 Å². The van der Waals surface area contributed by atoms with Gasteiger partial charge in [0.1, 0.15) is 12.0 Å². The highest BCUT2D eigenvalue weighted by Gasteiger charge is 2.22. The van der Waals surface area contributed by atoms with Crippen LogP contribution in [0.5, 0.6) is 5.88 Å². The zero-order valence-corrected chi connectivity index (χ0v) is 16.4. The number of carbonyl (C=O) groups is 2. The van der Waals surface area contributed by atoms with Crippen LogP contribution >= 0.6 is 0 Å². The summed E-state index contributed by atoms with van der Waals surface area (Å²) in [6.45, 7) is 5.97. The number of nitrogens with zero attached hydrogens (tertiary/aromatic N) is 5. The molecular formula is C17H25N7O3. The fraction of sp³-hybridized carbons (Fsp3) is 0.471. The van der Waals surface area contributed by atoms with Gasteiger partial charge < -0.3 is 20.3 Å². The van der Waals surface area contributed by atoms with Gasteiger partial charge in [0.15, 0.2) is 11.6 Å². The number of anilines is 3. The molecule has 10 nitrogen and oxygen atoms in total. The van der Waals surface area contributed by atoms with Gasteiger partial charge >= 0.3 is 11.8 Å². The third kappa shape index (κ3) is 4.52. The number of nitrogens with one attached hydrogen (secondary N) is 2. The lowest BCUT2D eigenvalue weighted by atomic mass is 10.2. The second-order valence-corrected chi connectivity index (χ2v) is 6.26. The molecule has 0 aliphatic rings. The second kappa shape index (κ2) is 8.47. The van der Waals surface area contributed by atoms with Crippen molar-refractivity contribution in [3.05, 3.63) is 18.1 Å². The van der Waals surface area contributed by atoms with Crippen LogP contribution < -0.4 is 20.3 Å². The molecule has 10 heteroatoms. The Morgan fingerprint density at radius 1 is 1.26 bits per heavy atom. The Labute approximate surface area is 157 Å². The van der Waals surface area contributed by atoms with E-state index in [2.05, 4.69) is 32.6 Å². The van der Waals surface area contributed by atoms with Crippen molar-refractivity contribution < 1.29 is 14.3 Å². The van der Waals surface area contributed by atoms with Crippen molar-refractivity contribution in [1.82, 2.24) is 19.7 Å². The van der Waals surface area contributed by atoms with E-state index >= 15 is 0 Å². The van der Waals surface area contributed by atoms with Crippen LogP contribution in [0.2, 0.25) is 0 Å². The van der Waals surface area contributed by atoms with Crippen molar-refractivity contribution in [2.45, 2.75) is 33.2 Å². The van der Waals surface area contributed by atoms with Crippen LogP contribution in [0.25, 0.3) is 0 Å². The fourth-order valence-corrected chi connectivity index (χ4v) is 2.48. The van der Waals surface area contributed by atoms with E-state index in [-0.39, 0.29) is 17.6 Å². The Morgan fingerprint density at radius 3 is 2.52 bits per heavy atom. The lowest BCUT2D eigenvalue weighted by Gasteiger charge is -2.17. The largest absolute Gasteiger partial charge is 0.479 e. The molecular weight excluding hydrogens is 350 g/mol. The topological polar surface area (TPSA) is 114 Å². The van der Waals surface area contributed by atoms with Crippen LogP contribution in [0, 0.1) is 6.92 Å². The number of ether oxygens (including phenoxy) is 1. The Kier molecular flexibility index (Phi) is 6.32. The quantitative estimate of drug-likeness (QED) is 0.737. The average molecular weight is 375 g/mol. The summed E-state index contributed by atoms with van der Waals surface area (Å²) in [5, 5.41) is 9.36. The number of aryl methyl sites for hydroxylation is 1. The molecule has 0 saturated carbocycles. The average Bonchev–Trinajstić information content (AvgIpc) is 3.00. The molecule has 2 N–H and O–H groups in total. The van der Waals surface area contributed by atoms with Crippen molar-refractivity contribution in [3.8, 4) is 5.88 Å². The summed E-state index contributed by atoms with van der Waals surface area (Å²) in [6.07, 6.45) is 2.21. The van der Waals surface area contributed by atoms with Gasteiger partial charge in [0.05, 0.1) is 7.11 Å². The summed E-state index contributed by atoms with van der Waals surface area (Å²) < 4.78 is 6.96. The predicted molar refractivity (Wildman–Crippen MR) is 102 cm³/mol. The van der Waals surface area contributed by atoms with Gasteiger partial charge in [0, 0.05) is 31.9 Å². The summed E-state index contributed by atoms with van der Waals surface area (Å²) in [6, 6.07) is 1.91. The van der Waals surface area contributed by atoms with Gasteiger partial charge in [-0.3, -0.25) is 14.3 Å². The summed E-state index contributed by atoms with van der Waals surface area (Å²) in [5.74, 6) is -0.829. The third-order valence-electron chi connectivity index (χ3n) is 4.03. The molecule has 2 amide bonds. The first kappa shape index (κ1) is 20.1. The monoisotopic (exact) mass is 375 g/mol. The van der Waals surface area contributed by atoms with Crippen LogP contribution in [-0.2, 0) is 9.59 Å². The molecule has 0 fully saturated rings. The van der Waals surface area contributed by atoms with Crippen molar-refractivity contribution in [3.63, 3.8) is 0 Å². The van der Waals surface area contributed by atoms with Crippen LogP contribution in [0.15, 0.2) is 12.4 Å². The number of hydrogen-bond donors (Lipinski definition) is 2. The van der Waals surface area contributed by atoms with E-state index in [0.717, 1.165) is 12.1 Å². The van der Waals surface area contributed by atoms with E-state index in [1.807, 2.05) is 18.5 Å². The summed E-state index contributed by atoms with van der Waals surface area (Å²) in [7, 11) is 4.92. The molecule has 146 valence electrons. The summed E-state index contributed by atoms with van der Waals surface area (Å²) in [5.41, 5.74) is 1.11. The minimum Gasteiger partial charge on any atom is -0.479 e. The van der Waals surface area contributed by atoms with Crippen molar-refractivity contribution in [2.24, 2.45) is 0 Å². The van der Waals surface area contributed by atoms with Gasteiger partial charge in [-0.25, -0.2) is 4.98 Å². The standard InChI is InChI=1S/C17H25N7O3/c1-7-10(2)24-11(3)8-12(22-24)20-15(25)16(26)21-13-14(23(4)5)18-9-19-17(13)27-6/h8-10H,7H2,1-6H3,(H,21,26)(H,20,22,25)/t10-/m1/s1. The van der Waals surface area contributed by atoms with Crippen LogP contribution in [0.4, 0.5) is 17.3 Å². The molecule has 0 saturated heterocycles. The molecule has 1 atom stereocenters. The van der Waals surface area contributed by atoms with E-state index in [4.69, 9.17) is 4.74 Å². The number of carbonyl (C=O) groups excluding carboxylic acids is 2. The van der Waals surface area contributed by atoms with E-state index < -0.39 is 11.8 Å². The molecule has 0 unspecified atom stereocenters. The second-order valence-electron chi connectivity index (χ2n) is 6.26. The van der Waals surface area contributed by atoms with E-state index in [9.17, 15) is 9.59 Å². The van der Waals surface area contributed by atoms with Gasteiger partial charge in [-0.05, 0) is 20.3 Å². The Hall–Kier alpha value is -3.17. The number of amides is 2. The number of hydrogen-bond acceptors (Lipinski definition) is 7. The molecule has 0 spiro atoms. The maximum Gasteiger partial charge on any atom is 0.315 e. The van der Waals surface area contributed by atoms with Crippen molar-refractivity contribution in [2.75, 3.05) is 36.7 Å². The zero-order chi connectivity index (χ0) is 20.1. The number of methoxy groups -OCH3 is 1. The highest BCUT2D eigenvalue weighted by Crippen LogP contribution is 2.29. The first-order valence-electron chi connectivity index (χ1n) is 8.53. The van der Waals surface area contributed by atoms with Crippen LogP contribution in [0.1, 0.15) is 32.0 Å². The van der Waals surface area contributed by atoms with Gasteiger partial charge in [0.25, 0.3) is 0 Å². The van der Waals surface area contributed by atoms with Crippen molar-refractivity contribution >= 4 is 29.1 Å². The van der Waals surface area contributed by atoms with Gasteiger partial charge in [-0.15, -0.1) is 0 Å². The zero-order valence-electron chi connectivity index (χ0n) is 16.4. The smallest absolute Gasteiger partial charge is 0.315 e. The molecule has 0 radical (unpaired) electrons. The lowest BCUT2D eigenvalue weighted by molar-refractivity contribution is -0.133. The highest BCUT2D eigenvalue weighted by atomic mass is 16.5. The minimum absolute atomic E-state index is 0.159. The molecule has 0 bridgehead atoms. The molecule has 0 aliphatic carbocycles. The number of aromatic nitrogens is 4. The van der Waals surface area contributed by atoms with E-state index in [1.54, 1.807) is 25.1 Å². The lowest BCUT2D eigenvalue weighted by Crippen LogP contribution is -2.30. The molecule has 27 heavy (non-hydrogen) atoms. The summed E-state index contributed by atoms with van der Waals surface area (Å²) >= 11 is 0.